The summed E-state index contributed by atoms with van der Waals surface area (Å²) in [6.07, 6.45) is 2.55. The van der Waals surface area contributed by atoms with E-state index in [1.807, 2.05) is 61.5 Å². The summed E-state index contributed by atoms with van der Waals surface area (Å²) >= 11 is 1.36. The number of nitrogens with one attached hydrogen (secondary N) is 1. The second kappa shape index (κ2) is 9.09. The first-order valence-corrected chi connectivity index (χ1v) is 9.58. The van der Waals surface area contributed by atoms with E-state index >= 15 is 0 Å². The molecule has 1 N–H and O–H groups in total. The van der Waals surface area contributed by atoms with Crippen LogP contribution in [0.1, 0.15) is 34.3 Å². The third-order valence-corrected chi connectivity index (χ3v) is 4.94. The highest BCUT2D eigenvalue weighted by atomic mass is 32.1. The van der Waals surface area contributed by atoms with Gasteiger partial charge in [-0.05, 0) is 31.0 Å². The van der Waals surface area contributed by atoms with Crippen molar-refractivity contribution < 1.29 is 9.53 Å². The number of hydrazone groups is 1. The minimum Gasteiger partial charge on any atom is -0.494 e. The predicted molar refractivity (Wildman–Crippen MR) is 110 cm³/mol. The van der Waals surface area contributed by atoms with Crippen molar-refractivity contribution in [3.8, 4) is 16.3 Å². The predicted octanol–water partition coefficient (Wildman–Crippen LogP) is 4.67. The summed E-state index contributed by atoms with van der Waals surface area (Å²) in [6, 6.07) is 17.4. The number of rotatable bonds is 7. The molecule has 6 heteroatoms. The molecule has 0 aliphatic carbocycles. The number of carbonyl (C=O) groups excluding carboxylic acids is 1. The minimum absolute atomic E-state index is 0.262. The van der Waals surface area contributed by atoms with Gasteiger partial charge in [0.25, 0.3) is 5.91 Å². The first kappa shape index (κ1) is 18.8. The highest BCUT2D eigenvalue weighted by Crippen LogP contribution is 2.27. The molecule has 0 aliphatic heterocycles. The maximum atomic E-state index is 12.4. The fourth-order valence-corrected chi connectivity index (χ4v) is 3.39. The van der Waals surface area contributed by atoms with Gasteiger partial charge >= 0.3 is 0 Å². The van der Waals surface area contributed by atoms with Crippen molar-refractivity contribution in [3.63, 3.8) is 0 Å². The number of hydrogen-bond acceptors (Lipinski definition) is 5. The van der Waals surface area contributed by atoms with E-state index in [-0.39, 0.29) is 5.91 Å². The topological polar surface area (TPSA) is 63.6 Å². The molecule has 2 aromatic carbocycles. The fourth-order valence-electron chi connectivity index (χ4n) is 2.43. The Morgan fingerprint density at radius 2 is 2.04 bits per heavy atom. The van der Waals surface area contributed by atoms with Gasteiger partial charge in [-0.25, -0.2) is 10.4 Å². The van der Waals surface area contributed by atoms with Gasteiger partial charge in [0.15, 0.2) is 0 Å². The second-order valence-corrected chi connectivity index (χ2v) is 6.92. The molecule has 0 radical (unpaired) electrons. The zero-order valence-electron chi connectivity index (χ0n) is 15.3. The lowest BCUT2D eigenvalue weighted by Gasteiger charge is -2.04. The van der Waals surface area contributed by atoms with Gasteiger partial charge in [0, 0.05) is 5.56 Å². The molecule has 0 saturated carbocycles. The number of amides is 1. The van der Waals surface area contributed by atoms with Gasteiger partial charge in [-0.2, -0.15) is 5.10 Å². The summed E-state index contributed by atoms with van der Waals surface area (Å²) in [6.45, 7) is 4.56. The van der Waals surface area contributed by atoms with Gasteiger partial charge in [-0.1, -0.05) is 49.4 Å². The van der Waals surface area contributed by atoms with E-state index in [0.717, 1.165) is 28.3 Å². The maximum absolute atomic E-state index is 12.4. The number of benzene rings is 2. The van der Waals surface area contributed by atoms with Gasteiger partial charge in [0.2, 0.25) is 0 Å². The first-order chi connectivity index (χ1) is 13.2. The van der Waals surface area contributed by atoms with E-state index in [1.165, 1.54) is 11.3 Å². The van der Waals surface area contributed by atoms with Crippen molar-refractivity contribution in [3.05, 3.63) is 70.7 Å². The number of aryl methyl sites for hydroxylation is 1. The Kier molecular flexibility index (Phi) is 6.33. The molecule has 1 heterocycles. The molecule has 5 nitrogen and oxygen atoms in total. The van der Waals surface area contributed by atoms with Crippen molar-refractivity contribution in [2.45, 2.75) is 20.3 Å². The number of nitrogens with zero attached hydrogens (tertiary/aromatic N) is 2. The first-order valence-electron chi connectivity index (χ1n) is 8.76. The number of aromatic nitrogens is 1. The van der Waals surface area contributed by atoms with E-state index in [9.17, 15) is 4.79 Å². The van der Waals surface area contributed by atoms with Crippen molar-refractivity contribution in [1.82, 2.24) is 10.4 Å². The number of thiazole rings is 1. The number of hydrogen-bond donors (Lipinski definition) is 1. The number of carbonyl (C=O) groups is 1. The Labute approximate surface area is 162 Å². The number of ether oxygens (including phenoxy) is 1. The van der Waals surface area contributed by atoms with Crippen molar-refractivity contribution in [2.24, 2.45) is 5.10 Å². The van der Waals surface area contributed by atoms with Crippen LogP contribution in [0, 0.1) is 6.92 Å². The Morgan fingerprint density at radius 3 is 2.81 bits per heavy atom. The van der Waals surface area contributed by atoms with Gasteiger partial charge in [0.1, 0.15) is 15.6 Å². The molecule has 0 spiro atoms. The van der Waals surface area contributed by atoms with Crippen LogP contribution in [0.5, 0.6) is 5.75 Å². The molecule has 0 bridgehead atoms. The van der Waals surface area contributed by atoms with Crippen LogP contribution in [-0.2, 0) is 0 Å². The SMILES string of the molecule is CCCOc1cccc(/C=N/NC(=O)c2sc(-c3ccccc3)nc2C)c1. The summed E-state index contributed by atoms with van der Waals surface area (Å²) in [5, 5.41) is 4.88. The lowest BCUT2D eigenvalue weighted by Crippen LogP contribution is -2.17. The Balaban J connectivity index is 1.66. The smallest absolute Gasteiger partial charge is 0.283 e. The van der Waals surface area contributed by atoms with Crippen LogP contribution in [-0.4, -0.2) is 23.7 Å². The highest BCUT2D eigenvalue weighted by Gasteiger charge is 2.15. The fraction of sp³-hybridized carbons (Fsp3) is 0.190. The summed E-state index contributed by atoms with van der Waals surface area (Å²) in [7, 11) is 0. The van der Waals surface area contributed by atoms with Gasteiger partial charge in [-0.3, -0.25) is 4.79 Å². The molecule has 0 unspecified atom stereocenters. The van der Waals surface area contributed by atoms with Crippen LogP contribution in [0.4, 0.5) is 0 Å². The van der Waals surface area contributed by atoms with Crippen LogP contribution in [0.3, 0.4) is 0 Å². The zero-order valence-corrected chi connectivity index (χ0v) is 16.1. The van der Waals surface area contributed by atoms with Crippen LogP contribution < -0.4 is 10.2 Å². The van der Waals surface area contributed by atoms with Crippen LogP contribution in [0.25, 0.3) is 10.6 Å². The lowest BCUT2D eigenvalue weighted by atomic mass is 10.2. The molecule has 1 aromatic heterocycles. The van der Waals surface area contributed by atoms with Gasteiger partial charge < -0.3 is 4.74 Å². The monoisotopic (exact) mass is 379 g/mol. The summed E-state index contributed by atoms with van der Waals surface area (Å²) in [5.74, 6) is 0.528. The second-order valence-electron chi connectivity index (χ2n) is 5.92. The van der Waals surface area contributed by atoms with Gasteiger partial charge in [0.05, 0.1) is 18.5 Å². The quantitative estimate of drug-likeness (QED) is 0.479. The van der Waals surface area contributed by atoms with Crippen molar-refractivity contribution in [2.75, 3.05) is 6.61 Å². The molecule has 0 aliphatic rings. The van der Waals surface area contributed by atoms with E-state index in [0.29, 0.717) is 17.2 Å². The highest BCUT2D eigenvalue weighted by molar-refractivity contribution is 7.17. The van der Waals surface area contributed by atoms with E-state index < -0.39 is 0 Å². The summed E-state index contributed by atoms with van der Waals surface area (Å²) < 4.78 is 5.60. The standard InChI is InChI=1S/C21H21N3O2S/c1-3-12-26-18-11-7-8-16(13-18)14-22-24-20(25)19-15(2)23-21(27-19)17-9-5-4-6-10-17/h4-11,13-14H,3,12H2,1-2H3,(H,24,25)/b22-14+. The van der Waals surface area contributed by atoms with E-state index in [2.05, 4.69) is 22.4 Å². The third-order valence-electron chi connectivity index (χ3n) is 3.73. The Bertz CT molecular complexity index is 936. The molecule has 3 aromatic rings. The average Bonchev–Trinajstić information content (AvgIpc) is 3.09. The normalized spacial score (nSPS) is 10.9. The average molecular weight is 379 g/mol. The molecule has 1 amide bonds. The van der Waals surface area contributed by atoms with Gasteiger partial charge in [-0.15, -0.1) is 11.3 Å². The molecule has 0 atom stereocenters. The summed E-state index contributed by atoms with van der Waals surface area (Å²) in [4.78, 5) is 17.5. The molecular formula is C21H21N3O2S. The lowest BCUT2D eigenvalue weighted by molar-refractivity contribution is 0.0958. The molecule has 27 heavy (non-hydrogen) atoms. The van der Waals surface area contributed by atoms with Crippen LogP contribution in [0.15, 0.2) is 59.7 Å². The molecule has 3 rings (SSSR count). The molecule has 138 valence electrons. The molecular weight excluding hydrogens is 358 g/mol. The summed E-state index contributed by atoms with van der Waals surface area (Å²) in [5.41, 5.74) is 5.13. The molecule has 0 saturated heterocycles. The largest absolute Gasteiger partial charge is 0.494 e. The van der Waals surface area contributed by atoms with Crippen molar-refractivity contribution >= 4 is 23.5 Å². The maximum Gasteiger partial charge on any atom is 0.283 e. The van der Waals surface area contributed by atoms with Crippen molar-refractivity contribution in [1.29, 1.82) is 0 Å². The Hall–Kier alpha value is -2.99. The third kappa shape index (κ3) is 5.01. The van der Waals surface area contributed by atoms with E-state index in [1.54, 1.807) is 6.21 Å². The van der Waals surface area contributed by atoms with E-state index in [4.69, 9.17) is 4.74 Å². The minimum atomic E-state index is -0.262. The molecule has 0 fully saturated rings. The Morgan fingerprint density at radius 1 is 1.22 bits per heavy atom. The van der Waals surface area contributed by atoms with Crippen LogP contribution in [0.2, 0.25) is 0 Å². The van der Waals surface area contributed by atoms with Crippen LogP contribution >= 0.6 is 11.3 Å². The zero-order chi connectivity index (χ0) is 19.1.